The first-order chi connectivity index (χ1) is 25.2. The van der Waals surface area contributed by atoms with Crippen molar-refractivity contribution in [1.29, 1.82) is 0 Å². The summed E-state index contributed by atoms with van der Waals surface area (Å²) in [5.74, 6) is -6.75. The molecule has 0 aromatic heterocycles. The molecule has 2 aliphatic rings. The number of rotatable bonds is 11. The Kier molecular flexibility index (Phi) is 9.45. The fourth-order valence-corrected chi connectivity index (χ4v) is 8.04. The first-order valence-electron chi connectivity index (χ1n) is 17.2. The van der Waals surface area contributed by atoms with Gasteiger partial charge in [-0.1, -0.05) is 159 Å². The van der Waals surface area contributed by atoms with E-state index in [0.717, 1.165) is 11.1 Å². The Morgan fingerprint density at radius 2 is 1.08 bits per heavy atom. The number of esters is 1. The van der Waals surface area contributed by atoms with Gasteiger partial charge < -0.3 is 25.2 Å². The lowest BCUT2D eigenvalue weighted by Gasteiger charge is -2.51. The van der Waals surface area contributed by atoms with Gasteiger partial charge in [-0.25, -0.2) is 4.79 Å². The lowest BCUT2D eigenvalue weighted by atomic mass is 9.66. The van der Waals surface area contributed by atoms with Gasteiger partial charge in [0.15, 0.2) is 12.0 Å². The van der Waals surface area contributed by atoms with Crippen molar-refractivity contribution in [3.05, 3.63) is 179 Å². The molecule has 5 unspecified atom stereocenters. The molecular formula is C43H38N2O7. The highest BCUT2D eigenvalue weighted by molar-refractivity contribution is 6.06. The van der Waals surface area contributed by atoms with Crippen molar-refractivity contribution in [1.82, 2.24) is 10.2 Å². The van der Waals surface area contributed by atoms with Crippen LogP contribution >= 0.6 is 0 Å². The van der Waals surface area contributed by atoms with Gasteiger partial charge in [-0.2, -0.15) is 0 Å². The van der Waals surface area contributed by atoms with E-state index in [1.165, 1.54) is 4.90 Å². The number of nitrogens with one attached hydrogen (secondary N) is 1. The third kappa shape index (κ3) is 6.03. The van der Waals surface area contributed by atoms with Crippen LogP contribution in [0.2, 0.25) is 0 Å². The summed E-state index contributed by atoms with van der Waals surface area (Å²) in [6.45, 7) is 1.62. The van der Waals surface area contributed by atoms with Crippen LogP contribution in [0.5, 0.6) is 0 Å². The van der Waals surface area contributed by atoms with Crippen molar-refractivity contribution in [3.63, 3.8) is 0 Å². The lowest BCUT2D eigenvalue weighted by molar-refractivity contribution is -0.167. The van der Waals surface area contributed by atoms with Gasteiger partial charge in [0.2, 0.25) is 11.8 Å². The van der Waals surface area contributed by atoms with E-state index in [9.17, 15) is 29.4 Å². The number of carboxylic acids is 1. The third-order valence-corrected chi connectivity index (χ3v) is 10.5. The standard InChI is InChI=1S/C43H38N2O7/c1-27-36(41(48)49)45-38(43(27,51)34(29-19-9-3-10-20-29)30-21-11-4-12-22-30)35(40(45)47)44-39(46)33(28-17-7-2-8-18-28)42(50)52-37(31-23-13-5-14-24-31)32-25-15-6-16-26-32/h2-27,33-38,51H,1H3,(H,44,46)(H,48,49)/t27?,33?,35?,36?,38-,43?/m0/s1. The van der Waals surface area contributed by atoms with Crippen LogP contribution < -0.4 is 5.32 Å². The number of β-lactam (4-membered cyclic amide) rings is 1. The largest absolute Gasteiger partial charge is 0.480 e. The molecule has 262 valence electrons. The highest BCUT2D eigenvalue weighted by Gasteiger charge is 2.73. The maximum absolute atomic E-state index is 14.4. The van der Waals surface area contributed by atoms with Gasteiger partial charge in [0.05, 0.1) is 6.04 Å². The quantitative estimate of drug-likeness (QED) is 0.0950. The van der Waals surface area contributed by atoms with E-state index < -0.39 is 71.3 Å². The summed E-state index contributed by atoms with van der Waals surface area (Å²) >= 11 is 0. The van der Waals surface area contributed by atoms with Gasteiger partial charge in [-0.15, -0.1) is 0 Å². The minimum Gasteiger partial charge on any atom is -0.480 e. The second-order valence-electron chi connectivity index (χ2n) is 13.4. The van der Waals surface area contributed by atoms with Crippen molar-refractivity contribution in [2.75, 3.05) is 0 Å². The van der Waals surface area contributed by atoms with Crippen molar-refractivity contribution >= 4 is 23.8 Å². The summed E-state index contributed by atoms with van der Waals surface area (Å²) in [6.07, 6.45) is -0.829. The van der Waals surface area contributed by atoms with Crippen LogP contribution in [-0.2, 0) is 23.9 Å². The van der Waals surface area contributed by atoms with Gasteiger partial charge in [0.1, 0.15) is 17.7 Å². The molecule has 7 rings (SSSR count). The molecule has 3 N–H and O–H groups in total. The number of carboxylic acid groups (broad SMARTS) is 1. The molecule has 2 saturated heterocycles. The summed E-state index contributed by atoms with van der Waals surface area (Å²) in [5, 5.41) is 26.1. The molecule has 9 heteroatoms. The van der Waals surface area contributed by atoms with E-state index in [0.29, 0.717) is 16.7 Å². The van der Waals surface area contributed by atoms with Crippen LogP contribution in [0.4, 0.5) is 0 Å². The lowest BCUT2D eigenvalue weighted by Crippen LogP contribution is -2.76. The van der Waals surface area contributed by atoms with Crippen LogP contribution in [0.3, 0.4) is 0 Å². The average Bonchev–Trinajstić information content (AvgIpc) is 3.39. The molecular weight excluding hydrogens is 656 g/mol. The SMILES string of the molecule is CC1C(C(=O)O)N2C(=O)C(NC(=O)C(C(=O)OC(c3ccccc3)c3ccccc3)c3ccccc3)[C@H]2C1(O)C(c1ccccc1)c1ccccc1. The van der Waals surface area contributed by atoms with Gasteiger partial charge in [0, 0.05) is 11.8 Å². The molecule has 0 bridgehead atoms. The fraction of sp³-hybridized carbons (Fsp3) is 0.209. The maximum atomic E-state index is 14.4. The second-order valence-corrected chi connectivity index (χ2v) is 13.4. The molecule has 9 nitrogen and oxygen atoms in total. The number of benzene rings is 5. The number of ether oxygens (including phenoxy) is 1. The molecule has 0 spiro atoms. The summed E-state index contributed by atoms with van der Waals surface area (Å²) < 4.78 is 6.15. The van der Waals surface area contributed by atoms with E-state index >= 15 is 0 Å². The first kappa shape index (κ1) is 34.4. The zero-order valence-electron chi connectivity index (χ0n) is 28.4. The average molecular weight is 695 g/mol. The molecule has 2 amide bonds. The number of aliphatic carboxylic acids is 1. The molecule has 5 aromatic carbocycles. The molecule has 2 aliphatic heterocycles. The summed E-state index contributed by atoms with van der Waals surface area (Å²) in [7, 11) is 0. The molecule has 2 fully saturated rings. The highest BCUT2D eigenvalue weighted by atomic mass is 16.5. The van der Waals surface area contributed by atoms with Crippen LogP contribution in [0.15, 0.2) is 152 Å². The maximum Gasteiger partial charge on any atom is 0.326 e. The molecule has 52 heavy (non-hydrogen) atoms. The number of carbonyl (C=O) groups excluding carboxylic acids is 3. The van der Waals surface area contributed by atoms with Crippen LogP contribution in [0.25, 0.3) is 0 Å². The number of amides is 2. The monoisotopic (exact) mass is 694 g/mol. The third-order valence-electron chi connectivity index (χ3n) is 10.5. The number of hydrogen-bond acceptors (Lipinski definition) is 6. The number of fused-ring (bicyclic) bond motifs is 1. The Morgan fingerprint density at radius 1 is 0.673 bits per heavy atom. The molecule has 2 heterocycles. The number of carbonyl (C=O) groups is 4. The van der Waals surface area contributed by atoms with E-state index in [2.05, 4.69) is 5.32 Å². The van der Waals surface area contributed by atoms with Crippen LogP contribution in [-0.4, -0.2) is 62.6 Å². The smallest absolute Gasteiger partial charge is 0.326 e. The van der Waals surface area contributed by atoms with Crippen molar-refractivity contribution in [2.24, 2.45) is 5.92 Å². The zero-order chi connectivity index (χ0) is 36.4. The van der Waals surface area contributed by atoms with Crippen LogP contribution in [0.1, 0.15) is 52.7 Å². The predicted molar refractivity (Wildman–Crippen MR) is 193 cm³/mol. The summed E-state index contributed by atoms with van der Waals surface area (Å²) in [4.78, 5) is 56.5. The predicted octanol–water partition coefficient (Wildman–Crippen LogP) is 5.46. The minimum absolute atomic E-state index is 0.346. The second kappa shape index (κ2) is 14.3. The topological polar surface area (TPSA) is 133 Å². The Hall–Kier alpha value is -6.06. The van der Waals surface area contributed by atoms with E-state index in [1.54, 1.807) is 37.3 Å². The Balaban J connectivity index is 1.25. The highest BCUT2D eigenvalue weighted by Crippen LogP contribution is 2.54. The van der Waals surface area contributed by atoms with Crippen molar-refractivity contribution in [2.45, 2.75) is 48.6 Å². The van der Waals surface area contributed by atoms with Gasteiger partial charge in [-0.05, 0) is 27.8 Å². The minimum atomic E-state index is -1.84. The van der Waals surface area contributed by atoms with Gasteiger partial charge in [0.25, 0.3) is 0 Å². The van der Waals surface area contributed by atoms with E-state index in [-0.39, 0.29) is 0 Å². The summed E-state index contributed by atoms with van der Waals surface area (Å²) in [5.41, 5.74) is 1.35. The van der Waals surface area contributed by atoms with Crippen molar-refractivity contribution < 1.29 is 34.1 Å². The molecule has 0 radical (unpaired) electrons. The molecule has 0 saturated carbocycles. The van der Waals surface area contributed by atoms with E-state index in [1.807, 2.05) is 121 Å². The Labute approximate surface area is 301 Å². The van der Waals surface area contributed by atoms with Gasteiger partial charge >= 0.3 is 11.9 Å². The zero-order valence-corrected chi connectivity index (χ0v) is 28.4. The number of aliphatic hydroxyl groups is 1. The Morgan fingerprint density at radius 3 is 1.50 bits per heavy atom. The molecule has 5 aromatic rings. The Bertz CT molecular complexity index is 1970. The molecule has 0 aliphatic carbocycles. The van der Waals surface area contributed by atoms with E-state index in [4.69, 9.17) is 4.74 Å². The fourth-order valence-electron chi connectivity index (χ4n) is 8.04. The number of nitrogens with zero attached hydrogens (tertiary/aromatic N) is 1. The molecule has 6 atom stereocenters. The summed E-state index contributed by atoms with van der Waals surface area (Å²) in [6, 6.07) is 41.4. The van der Waals surface area contributed by atoms with Crippen molar-refractivity contribution in [3.8, 4) is 0 Å². The number of hydrogen-bond donors (Lipinski definition) is 3. The normalized spacial score (nSPS) is 22.7. The van der Waals surface area contributed by atoms with Gasteiger partial charge in [-0.3, -0.25) is 14.4 Å². The first-order valence-corrected chi connectivity index (χ1v) is 17.2. The van der Waals surface area contributed by atoms with Crippen LogP contribution in [0, 0.1) is 5.92 Å².